The fraction of sp³-hybridized carbons (Fsp3) is 0.786. The van der Waals surface area contributed by atoms with Crippen LogP contribution in [0.4, 0.5) is 0 Å². The smallest absolute Gasteiger partial charge is 0.0537 e. The van der Waals surface area contributed by atoms with E-state index >= 15 is 0 Å². The van der Waals surface area contributed by atoms with Gasteiger partial charge in [0.2, 0.25) is 0 Å². The first kappa shape index (κ1) is 15.2. The number of hydrogen-bond donors (Lipinski definition) is 1. The van der Waals surface area contributed by atoms with Crippen molar-refractivity contribution in [2.45, 2.75) is 46.7 Å². The molecule has 0 spiro atoms. The van der Waals surface area contributed by atoms with Crippen molar-refractivity contribution in [1.29, 1.82) is 0 Å². The Morgan fingerprint density at radius 1 is 1.33 bits per heavy atom. The summed E-state index contributed by atoms with van der Waals surface area (Å²) in [5.41, 5.74) is 1.27. The molecular formula is C14H28N4. The van der Waals surface area contributed by atoms with Crippen LogP contribution in [-0.4, -0.2) is 40.9 Å². The molecule has 4 nitrogen and oxygen atoms in total. The normalized spacial score (nSPS) is 13.2. The lowest BCUT2D eigenvalue weighted by Gasteiger charge is -2.21. The predicted molar refractivity (Wildman–Crippen MR) is 76.7 cm³/mol. The van der Waals surface area contributed by atoms with Crippen LogP contribution in [0.15, 0.2) is 12.4 Å². The molecule has 1 rings (SSSR count). The van der Waals surface area contributed by atoms with Gasteiger partial charge in [-0.1, -0.05) is 13.8 Å². The first-order chi connectivity index (χ1) is 8.71. The number of hydrogen-bond acceptors (Lipinski definition) is 3. The minimum Gasteiger partial charge on any atom is -0.309 e. The highest BCUT2D eigenvalue weighted by Gasteiger charge is 2.07. The number of aromatic nitrogens is 2. The van der Waals surface area contributed by atoms with E-state index in [2.05, 4.69) is 49.2 Å². The third-order valence-electron chi connectivity index (χ3n) is 3.34. The molecule has 0 bridgehead atoms. The second kappa shape index (κ2) is 8.27. The van der Waals surface area contributed by atoms with Crippen molar-refractivity contribution < 1.29 is 0 Å². The summed E-state index contributed by atoms with van der Waals surface area (Å²) in [6.45, 7) is 14.2. The number of rotatable bonds is 9. The van der Waals surface area contributed by atoms with E-state index in [-0.39, 0.29) is 0 Å². The summed E-state index contributed by atoms with van der Waals surface area (Å²) in [6.07, 6.45) is 5.32. The highest BCUT2D eigenvalue weighted by atomic mass is 15.3. The Balaban J connectivity index is 2.29. The van der Waals surface area contributed by atoms with Crippen LogP contribution in [0.25, 0.3) is 0 Å². The van der Waals surface area contributed by atoms with Crippen LogP contribution in [0.2, 0.25) is 0 Å². The standard InChI is InChI=1S/C14H28N4/c1-5-9-17(6-2)10-8-15-13(4)14-11-16-18(7-3)12-14/h11-13,15H,5-10H2,1-4H3. The molecule has 18 heavy (non-hydrogen) atoms. The number of nitrogens with zero attached hydrogens (tertiary/aromatic N) is 3. The quantitative estimate of drug-likeness (QED) is 0.732. The topological polar surface area (TPSA) is 33.1 Å². The van der Waals surface area contributed by atoms with Crippen LogP contribution >= 0.6 is 0 Å². The first-order valence-electron chi connectivity index (χ1n) is 7.19. The molecule has 0 aliphatic carbocycles. The van der Waals surface area contributed by atoms with Crippen molar-refractivity contribution in [3.63, 3.8) is 0 Å². The van der Waals surface area contributed by atoms with Crippen molar-refractivity contribution >= 4 is 0 Å². The molecule has 1 atom stereocenters. The van der Waals surface area contributed by atoms with Gasteiger partial charge in [0, 0.05) is 37.4 Å². The van der Waals surface area contributed by atoms with Crippen LogP contribution in [0.1, 0.15) is 45.7 Å². The summed E-state index contributed by atoms with van der Waals surface area (Å²) in [7, 11) is 0. The van der Waals surface area contributed by atoms with E-state index in [9.17, 15) is 0 Å². The summed E-state index contributed by atoms with van der Waals surface area (Å²) < 4.78 is 1.98. The molecule has 0 saturated heterocycles. The zero-order chi connectivity index (χ0) is 13.4. The third kappa shape index (κ3) is 4.78. The van der Waals surface area contributed by atoms with Crippen molar-refractivity contribution in [3.05, 3.63) is 18.0 Å². The number of nitrogens with one attached hydrogen (secondary N) is 1. The summed E-state index contributed by atoms with van der Waals surface area (Å²) >= 11 is 0. The summed E-state index contributed by atoms with van der Waals surface area (Å²) in [6, 6.07) is 0.380. The van der Waals surface area contributed by atoms with Crippen molar-refractivity contribution in [1.82, 2.24) is 20.0 Å². The average molecular weight is 252 g/mol. The molecule has 1 aromatic rings. The Kier molecular flexibility index (Phi) is 6.98. The molecule has 0 fully saturated rings. The molecule has 0 aromatic carbocycles. The molecule has 0 amide bonds. The highest BCUT2D eigenvalue weighted by molar-refractivity contribution is 5.09. The Morgan fingerprint density at radius 2 is 2.11 bits per heavy atom. The fourth-order valence-electron chi connectivity index (χ4n) is 2.08. The second-order valence-corrected chi connectivity index (χ2v) is 4.74. The van der Waals surface area contributed by atoms with Gasteiger partial charge in [-0.2, -0.15) is 5.10 Å². The van der Waals surface area contributed by atoms with E-state index in [4.69, 9.17) is 0 Å². The summed E-state index contributed by atoms with van der Waals surface area (Å²) in [4.78, 5) is 2.48. The van der Waals surface area contributed by atoms with Crippen LogP contribution < -0.4 is 5.32 Å². The largest absolute Gasteiger partial charge is 0.309 e. The van der Waals surface area contributed by atoms with E-state index < -0.39 is 0 Å². The Hall–Kier alpha value is -0.870. The van der Waals surface area contributed by atoms with Crippen molar-refractivity contribution in [3.8, 4) is 0 Å². The van der Waals surface area contributed by atoms with Gasteiger partial charge in [0.15, 0.2) is 0 Å². The molecule has 0 radical (unpaired) electrons. The molecule has 1 N–H and O–H groups in total. The van der Waals surface area contributed by atoms with E-state index in [0.717, 1.165) is 26.2 Å². The number of likely N-dealkylation sites (N-methyl/N-ethyl adjacent to an activating group) is 1. The number of aryl methyl sites for hydroxylation is 1. The maximum atomic E-state index is 4.31. The molecular weight excluding hydrogens is 224 g/mol. The van der Waals surface area contributed by atoms with Gasteiger partial charge in [-0.3, -0.25) is 4.68 Å². The van der Waals surface area contributed by atoms with Gasteiger partial charge in [0.25, 0.3) is 0 Å². The SMILES string of the molecule is CCCN(CC)CCNC(C)c1cnn(CC)c1. The molecule has 0 aliphatic heterocycles. The van der Waals surface area contributed by atoms with Crippen molar-refractivity contribution in [2.75, 3.05) is 26.2 Å². The predicted octanol–water partition coefficient (Wildman–Crippen LogP) is 2.29. The third-order valence-corrected chi connectivity index (χ3v) is 3.34. The Morgan fingerprint density at radius 3 is 2.67 bits per heavy atom. The summed E-state index contributed by atoms with van der Waals surface area (Å²) in [5, 5.41) is 7.88. The first-order valence-corrected chi connectivity index (χ1v) is 7.19. The Bertz CT molecular complexity index is 321. The maximum absolute atomic E-state index is 4.31. The lowest BCUT2D eigenvalue weighted by molar-refractivity contribution is 0.284. The maximum Gasteiger partial charge on any atom is 0.0537 e. The highest BCUT2D eigenvalue weighted by Crippen LogP contribution is 2.10. The van der Waals surface area contributed by atoms with Gasteiger partial charge in [0.05, 0.1) is 6.20 Å². The Labute approximate surface area is 111 Å². The van der Waals surface area contributed by atoms with Gasteiger partial charge < -0.3 is 10.2 Å². The molecule has 1 unspecified atom stereocenters. The van der Waals surface area contributed by atoms with E-state index in [1.807, 2.05) is 10.9 Å². The average Bonchev–Trinajstić information content (AvgIpc) is 2.86. The zero-order valence-electron chi connectivity index (χ0n) is 12.3. The lowest BCUT2D eigenvalue weighted by atomic mass is 10.2. The van der Waals surface area contributed by atoms with Crippen molar-refractivity contribution in [2.24, 2.45) is 0 Å². The van der Waals surface area contributed by atoms with E-state index in [1.165, 1.54) is 18.5 Å². The molecule has 0 aliphatic rings. The minimum atomic E-state index is 0.380. The van der Waals surface area contributed by atoms with Gasteiger partial charge in [0.1, 0.15) is 0 Å². The monoisotopic (exact) mass is 252 g/mol. The summed E-state index contributed by atoms with van der Waals surface area (Å²) in [5.74, 6) is 0. The fourth-order valence-corrected chi connectivity index (χ4v) is 2.08. The van der Waals surface area contributed by atoms with Gasteiger partial charge in [-0.05, 0) is 33.4 Å². The van der Waals surface area contributed by atoms with Crippen LogP contribution in [0.3, 0.4) is 0 Å². The van der Waals surface area contributed by atoms with Crippen LogP contribution in [0.5, 0.6) is 0 Å². The van der Waals surface area contributed by atoms with Gasteiger partial charge >= 0.3 is 0 Å². The van der Waals surface area contributed by atoms with Crippen LogP contribution in [0, 0.1) is 0 Å². The van der Waals surface area contributed by atoms with E-state index in [0.29, 0.717) is 6.04 Å². The molecule has 4 heteroatoms. The van der Waals surface area contributed by atoms with E-state index in [1.54, 1.807) is 0 Å². The molecule has 104 valence electrons. The molecule has 1 aromatic heterocycles. The molecule has 0 saturated carbocycles. The molecule has 1 heterocycles. The van der Waals surface area contributed by atoms with Gasteiger partial charge in [-0.25, -0.2) is 0 Å². The van der Waals surface area contributed by atoms with Crippen LogP contribution in [-0.2, 0) is 6.54 Å². The lowest BCUT2D eigenvalue weighted by Crippen LogP contribution is -2.33. The minimum absolute atomic E-state index is 0.380. The zero-order valence-corrected chi connectivity index (χ0v) is 12.3. The van der Waals surface area contributed by atoms with Gasteiger partial charge in [-0.15, -0.1) is 0 Å². The second-order valence-electron chi connectivity index (χ2n) is 4.74.